The molecule has 0 amide bonds. The lowest BCUT2D eigenvalue weighted by molar-refractivity contribution is -0.385. The van der Waals surface area contributed by atoms with Gasteiger partial charge in [-0.25, -0.2) is 4.98 Å². The number of nitrogens with zero attached hydrogens (tertiary/aromatic N) is 3. The van der Waals surface area contributed by atoms with Crippen LogP contribution in [0.2, 0.25) is 0 Å². The highest BCUT2D eigenvalue weighted by atomic mass is 32.1. The third-order valence-corrected chi connectivity index (χ3v) is 4.32. The number of aromatic nitrogens is 1. The fourth-order valence-electron chi connectivity index (χ4n) is 2.10. The minimum absolute atomic E-state index is 0.114. The van der Waals surface area contributed by atoms with Gasteiger partial charge >= 0.3 is 0 Å². The third kappa shape index (κ3) is 3.51. The lowest BCUT2D eigenvalue weighted by atomic mass is 10.2. The molecule has 3 rings (SSSR count). The second-order valence-corrected chi connectivity index (χ2v) is 5.96. The first kappa shape index (κ1) is 15.1. The fraction of sp³-hybridized carbons (Fsp3) is 0.125. The normalized spacial score (nSPS) is 11.3. The standard InChI is InChI=1S/C16H13N3O3S/c20-14-6-5-12(19(21)22)9-11(14)10-17-8-7-16-18-13-3-1-2-4-15(13)23-16/h1-6,9-10,20H,7-8H2/p-1. The van der Waals surface area contributed by atoms with Crippen LogP contribution < -0.4 is 5.11 Å². The van der Waals surface area contributed by atoms with Crippen molar-refractivity contribution >= 4 is 33.5 Å². The van der Waals surface area contributed by atoms with Crippen molar-refractivity contribution in [3.63, 3.8) is 0 Å². The van der Waals surface area contributed by atoms with E-state index < -0.39 is 4.92 Å². The Kier molecular flexibility index (Phi) is 4.29. The summed E-state index contributed by atoms with van der Waals surface area (Å²) in [4.78, 5) is 18.9. The molecule has 0 aliphatic rings. The molecule has 116 valence electrons. The molecule has 2 aromatic carbocycles. The van der Waals surface area contributed by atoms with Crippen molar-refractivity contribution in [1.29, 1.82) is 0 Å². The second-order valence-electron chi connectivity index (χ2n) is 4.84. The molecule has 0 unspecified atom stereocenters. The summed E-state index contributed by atoms with van der Waals surface area (Å²) in [6.07, 6.45) is 2.06. The van der Waals surface area contributed by atoms with Gasteiger partial charge in [0.25, 0.3) is 5.69 Å². The fourth-order valence-corrected chi connectivity index (χ4v) is 3.06. The van der Waals surface area contributed by atoms with Crippen molar-refractivity contribution in [2.24, 2.45) is 4.99 Å². The van der Waals surface area contributed by atoms with E-state index in [2.05, 4.69) is 9.98 Å². The van der Waals surface area contributed by atoms with Crippen LogP contribution in [0.4, 0.5) is 5.69 Å². The van der Waals surface area contributed by atoms with E-state index in [0.29, 0.717) is 13.0 Å². The molecule has 3 aromatic rings. The first-order valence-electron chi connectivity index (χ1n) is 6.93. The molecule has 0 spiro atoms. The van der Waals surface area contributed by atoms with Gasteiger partial charge in [0.2, 0.25) is 0 Å². The summed E-state index contributed by atoms with van der Waals surface area (Å²) in [5, 5.41) is 23.3. The van der Waals surface area contributed by atoms with E-state index in [1.54, 1.807) is 11.3 Å². The van der Waals surface area contributed by atoms with Gasteiger partial charge in [-0.1, -0.05) is 23.9 Å². The first-order valence-corrected chi connectivity index (χ1v) is 7.75. The van der Waals surface area contributed by atoms with Crippen molar-refractivity contribution in [3.8, 4) is 5.75 Å². The van der Waals surface area contributed by atoms with Crippen LogP contribution in [0.3, 0.4) is 0 Å². The zero-order valence-electron chi connectivity index (χ0n) is 12.0. The molecule has 0 bridgehead atoms. The average Bonchev–Trinajstić information content (AvgIpc) is 2.95. The third-order valence-electron chi connectivity index (χ3n) is 3.23. The molecule has 0 aliphatic carbocycles. The van der Waals surface area contributed by atoms with Crippen LogP contribution in [-0.2, 0) is 6.42 Å². The molecule has 0 fully saturated rings. The van der Waals surface area contributed by atoms with E-state index in [9.17, 15) is 15.2 Å². The van der Waals surface area contributed by atoms with Gasteiger partial charge in [-0.15, -0.1) is 11.3 Å². The maximum Gasteiger partial charge on any atom is 0.270 e. The number of thiazole rings is 1. The van der Waals surface area contributed by atoms with E-state index in [0.717, 1.165) is 15.2 Å². The summed E-state index contributed by atoms with van der Waals surface area (Å²) in [6.45, 7) is 0.474. The molecule has 0 saturated heterocycles. The Morgan fingerprint density at radius 3 is 2.87 bits per heavy atom. The zero-order valence-corrected chi connectivity index (χ0v) is 12.8. The molecule has 1 heterocycles. The highest BCUT2D eigenvalue weighted by Gasteiger charge is 2.05. The van der Waals surface area contributed by atoms with Crippen LogP contribution in [0.25, 0.3) is 10.2 Å². The average molecular weight is 326 g/mol. The summed E-state index contributed by atoms with van der Waals surface area (Å²) in [6, 6.07) is 11.5. The SMILES string of the molecule is O=[N+]([O-])c1ccc([O-])c(C=NCCc2nc3ccccc3s2)c1. The van der Waals surface area contributed by atoms with Crippen molar-refractivity contribution in [1.82, 2.24) is 4.98 Å². The van der Waals surface area contributed by atoms with Gasteiger partial charge in [0.05, 0.1) is 20.1 Å². The topological polar surface area (TPSA) is 91.5 Å². The molecule has 0 N–H and O–H groups in total. The number of aliphatic imine (C=N–C) groups is 1. The number of hydrogen-bond acceptors (Lipinski definition) is 6. The van der Waals surface area contributed by atoms with Crippen LogP contribution in [0.1, 0.15) is 10.6 Å². The maximum absolute atomic E-state index is 11.7. The second kappa shape index (κ2) is 6.53. The van der Waals surface area contributed by atoms with Gasteiger partial charge in [-0.2, -0.15) is 0 Å². The minimum Gasteiger partial charge on any atom is -0.872 e. The number of benzene rings is 2. The van der Waals surface area contributed by atoms with Crippen LogP contribution in [-0.4, -0.2) is 22.7 Å². The Morgan fingerprint density at radius 1 is 1.26 bits per heavy atom. The Balaban J connectivity index is 1.67. The maximum atomic E-state index is 11.7. The van der Waals surface area contributed by atoms with Gasteiger partial charge in [-0.3, -0.25) is 15.1 Å². The Labute approximate surface area is 135 Å². The Bertz CT molecular complexity index is 856. The zero-order chi connectivity index (χ0) is 16.2. The highest BCUT2D eigenvalue weighted by Crippen LogP contribution is 2.22. The van der Waals surface area contributed by atoms with Gasteiger partial charge in [0.15, 0.2) is 0 Å². The Hall–Kier alpha value is -2.80. The van der Waals surface area contributed by atoms with Crippen molar-refractivity contribution < 1.29 is 10.0 Å². The quantitative estimate of drug-likeness (QED) is 0.409. The lowest BCUT2D eigenvalue weighted by Gasteiger charge is -2.08. The van der Waals surface area contributed by atoms with Crippen LogP contribution in [0, 0.1) is 10.1 Å². The van der Waals surface area contributed by atoms with Crippen molar-refractivity contribution in [2.75, 3.05) is 6.54 Å². The number of nitro groups is 1. The molecule has 0 atom stereocenters. The van der Waals surface area contributed by atoms with E-state index in [1.165, 1.54) is 24.4 Å². The largest absolute Gasteiger partial charge is 0.872 e. The summed E-state index contributed by atoms with van der Waals surface area (Å²) in [7, 11) is 0. The molecule has 0 saturated carbocycles. The molecule has 23 heavy (non-hydrogen) atoms. The van der Waals surface area contributed by atoms with E-state index in [-0.39, 0.29) is 17.0 Å². The lowest BCUT2D eigenvalue weighted by Crippen LogP contribution is -1.99. The number of non-ortho nitro benzene ring substituents is 1. The van der Waals surface area contributed by atoms with Gasteiger partial charge in [0.1, 0.15) is 0 Å². The van der Waals surface area contributed by atoms with Crippen LogP contribution >= 0.6 is 11.3 Å². The van der Waals surface area contributed by atoms with Gasteiger partial charge in [0, 0.05) is 31.3 Å². The number of fused-ring (bicyclic) bond motifs is 1. The summed E-state index contributed by atoms with van der Waals surface area (Å²) < 4.78 is 1.13. The van der Waals surface area contributed by atoms with Gasteiger partial charge < -0.3 is 5.11 Å². The first-order chi connectivity index (χ1) is 11.1. The minimum atomic E-state index is -0.530. The summed E-state index contributed by atoms with van der Waals surface area (Å²) in [5.41, 5.74) is 1.08. The highest BCUT2D eigenvalue weighted by molar-refractivity contribution is 7.18. The molecule has 6 nitrogen and oxygen atoms in total. The smallest absolute Gasteiger partial charge is 0.270 e. The molecule has 7 heteroatoms. The van der Waals surface area contributed by atoms with E-state index in [1.807, 2.05) is 24.3 Å². The number of nitro benzene ring substituents is 1. The van der Waals surface area contributed by atoms with Crippen molar-refractivity contribution in [2.45, 2.75) is 6.42 Å². The van der Waals surface area contributed by atoms with Crippen LogP contribution in [0.15, 0.2) is 47.5 Å². The predicted octanol–water partition coefficient (Wildman–Crippen LogP) is 2.94. The van der Waals surface area contributed by atoms with Crippen LogP contribution in [0.5, 0.6) is 5.75 Å². The van der Waals surface area contributed by atoms with E-state index in [4.69, 9.17) is 0 Å². The number of para-hydroxylation sites is 1. The number of rotatable bonds is 5. The number of hydrogen-bond donors (Lipinski definition) is 0. The predicted molar refractivity (Wildman–Crippen MR) is 88.3 cm³/mol. The monoisotopic (exact) mass is 326 g/mol. The summed E-state index contributed by atoms with van der Waals surface area (Å²) in [5.74, 6) is -0.278. The molecular weight excluding hydrogens is 314 g/mol. The molecule has 0 aliphatic heterocycles. The van der Waals surface area contributed by atoms with Crippen molar-refractivity contribution in [3.05, 3.63) is 63.1 Å². The van der Waals surface area contributed by atoms with E-state index >= 15 is 0 Å². The molecular formula is C16H12N3O3S-. The molecule has 1 aromatic heterocycles. The Morgan fingerprint density at radius 2 is 2.09 bits per heavy atom. The van der Waals surface area contributed by atoms with Gasteiger partial charge in [-0.05, 0) is 17.7 Å². The summed E-state index contributed by atoms with van der Waals surface area (Å²) >= 11 is 1.62. The molecule has 0 radical (unpaired) electrons.